The van der Waals surface area contributed by atoms with Crippen LogP contribution in [0.25, 0.3) is 0 Å². The van der Waals surface area contributed by atoms with Crippen LogP contribution in [0, 0.1) is 6.92 Å². The zero-order valence-corrected chi connectivity index (χ0v) is 14.3. The maximum absolute atomic E-state index is 12.1. The lowest BCUT2D eigenvalue weighted by Gasteiger charge is -2.30. The van der Waals surface area contributed by atoms with Crippen LogP contribution in [0.15, 0.2) is 11.1 Å². The number of thioether (sulfide) groups is 1. The molecular formula is C15H25N3O2S. The minimum Gasteiger partial charge on any atom is -0.468 e. The van der Waals surface area contributed by atoms with Crippen LogP contribution in [-0.2, 0) is 16.6 Å². The normalized spacial score (nSPS) is 19.1. The monoisotopic (exact) mass is 311 g/mol. The van der Waals surface area contributed by atoms with Gasteiger partial charge in [-0.25, -0.2) is 0 Å². The van der Waals surface area contributed by atoms with E-state index in [0.29, 0.717) is 6.04 Å². The quantitative estimate of drug-likeness (QED) is 0.618. The highest BCUT2D eigenvalue weighted by Gasteiger charge is 2.40. The van der Waals surface area contributed by atoms with E-state index in [-0.39, 0.29) is 11.2 Å². The van der Waals surface area contributed by atoms with Crippen molar-refractivity contribution in [2.24, 2.45) is 7.05 Å². The Morgan fingerprint density at radius 1 is 1.67 bits per heavy atom. The number of carbonyl (C=O) groups excluding carboxylic acids is 1. The second-order valence-corrected chi connectivity index (χ2v) is 7.58. The highest BCUT2D eigenvalue weighted by Crippen LogP contribution is 2.32. The Balaban J connectivity index is 2.01. The predicted molar refractivity (Wildman–Crippen MR) is 84.5 cm³/mol. The maximum atomic E-state index is 12.1. The molecule has 118 valence electrons. The van der Waals surface area contributed by atoms with Gasteiger partial charge in [-0.05, 0) is 39.2 Å². The molecule has 1 fully saturated rings. The Labute approximate surface area is 130 Å². The first-order valence-electron chi connectivity index (χ1n) is 7.37. The lowest BCUT2D eigenvalue weighted by molar-refractivity contribution is -0.148. The zero-order chi connectivity index (χ0) is 15.6. The molecule has 21 heavy (non-hydrogen) atoms. The summed E-state index contributed by atoms with van der Waals surface area (Å²) in [7, 11) is 3.40. The molecule has 1 aliphatic rings. The number of methoxy groups -OCH3 is 1. The number of aromatic nitrogens is 2. The molecular weight excluding hydrogens is 286 g/mol. The van der Waals surface area contributed by atoms with E-state index in [9.17, 15) is 4.79 Å². The summed E-state index contributed by atoms with van der Waals surface area (Å²) < 4.78 is 6.88. The number of nitrogens with zero attached hydrogens (tertiary/aromatic N) is 2. The van der Waals surface area contributed by atoms with Crippen LogP contribution in [0.5, 0.6) is 0 Å². The van der Waals surface area contributed by atoms with Crippen LogP contribution in [-0.4, -0.2) is 39.7 Å². The van der Waals surface area contributed by atoms with Crippen molar-refractivity contribution in [3.63, 3.8) is 0 Å². The summed E-state index contributed by atoms with van der Waals surface area (Å²) in [6, 6.07) is 2.54. The van der Waals surface area contributed by atoms with Crippen LogP contribution in [0.2, 0.25) is 0 Å². The lowest BCUT2D eigenvalue weighted by atomic mass is 9.96. The van der Waals surface area contributed by atoms with Crippen molar-refractivity contribution in [1.82, 2.24) is 15.1 Å². The summed E-state index contributed by atoms with van der Waals surface area (Å²) in [6.45, 7) is 6.08. The highest BCUT2D eigenvalue weighted by atomic mass is 32.2. The van der Waals surface area contributed by atoms with Crippen molar-refractivity contribution in [3.8, 4) is 0 Å². The van der Waals surface area contributed by atoms with Crippen molar-refractivity contribution in [1.29, 1.82) is 0 Å². The number of nitrogens with one attached hydrogen (secondary N) is 1. The molecule has 1 heterocycles. The first kappa shape index (κ1) is 16.4. The Morgan fingerprint density at radius 3 is 2.81 bits per heavy atom. The minimum atomic E-state index is -0.615. The molecule has 0 aliphatic heterocycles. The SMILES string of the molecule is COC(=O)C(C)(CC(C)Sc1cc(C)nn1C)NC1CC1. The minimum absolute atomic E-state index is 0.178. The Morgan fingerprint density at radius 2 is 2.33 bits per heavy atom. The Kier molecular flexibility index (Phi) is 4.99. The molecule has 0 saturated heterocycles. The molecule has 5 nitrogen and oxygen atoms in total. The average molecular weight is 311 g/mol. The molecule has 2 rings (SSSR count). The first-order chi connectivity index (χ1) is 9.84. The zero-order valence-electron chi connectivity index (χ0n) is 13.5. The van der Waals surface area contributed by atoms with Crippen LogP contribution in [0.3, 0.4) is 0 Å². The molecule has 1 aliphatic carbocycles. The molecule has 0 amide bonds. The number of rotatable bonds is 7. The molecule has 1 saturated carbocycles. The van der Waals surface area contributed by atoms with Gasteiger partial charge in [-0.2, -0.15) is 5.10 Å². The summed E-state index contributed by atoms with van der Waals surface area (Å²) in [5.74, 6) is -0.178. The molecule has 0 radical (unpaired) electrons. The molecule has 6 heteroatoms. The molecule has 2 atom stereocenters. The second kappa shape index (κ2) is 6.40. The van der Waals surface area contributed by atoms with Gasteiger partial charge < -0.3 is 4.74 Å². The van der Waals surface area contributed by atoms with Gasteiger partial charge in [0.1, 0.15) is 5.54 Å². The summed E-state index contributed by atoms with van der Waals surface area (Å²) in [5, 5.41) is 9.21. The number of aryl methyl sites for hydroxylation is 2. The van der Waals surface area contributed by atoms with E-state index in [1.165, 1.54) is 7.11 Å². The third-order valence-corrected chi connectivity index (χ3v) is 4.91. The van der Waals surface area contributed by atoms with Crippen molar-refractivity contribution in [2.75, 3.05) is 7.11 Å². The van der Waals surface area contributed by atoms with E-state index in [0.717, 1.165) is 30.0 Å². The van der Waals surface area contributed by atoms with Gasteiger partial charge in [0.15, 0.2) is 0 Å². The topological polar surface area (TPSA) is 56.1 Å². The van der Waals surface area contributed by atoms with E-state index < -0.39 is 5.54 Å². The first-order valence-corrected chi connectivity index (χ1v) is 8.25. The van der Waals surface area contributed by atoms with Crippen LogP contribution in [0.1, 0.15) is 38.8 Å². The molecule has 1 aromatic heterocycles. The molecule has 1 N–H and O–H groups in total. The summed E-state index contributed by atoms with van der Waals surface area (Å²) >= 11 is 1.75. The number of ether oxygens (including phenoxy) is 1. The average Bonchev–Trinajstić information content (AvgIpc) is 3.14. The Bertz CT molecular complexity index is 513. The molecule has 1 aromatic rings. The number of hydrogen-bond acceptors (Lipinski definition) is 5. The van der Waals surface area contributed by atoms with Crippen molar-refractivity contribution in [3.05, 3.63) is 11.8 Å². The van der Waals surface area contributed by atoms with Gasteiger partial charge in [0.2, 0.25) is 0 Å². The highest BCUT2D eigenvalue weighted by molar-refractivity contribution is 7.99. The van der Waals surface area contributed by atoms with Gasteiger partial charge >= 0.3 is 5.97 Å². The van der Waals surface area contributed by atoms with E-state index in [1.807, 2.05) is 25.6 Å². The second-order valence-electron chi connectivity index (χ2n) is 6.12. The van der Waals surface area contributed by atoms with Crippen molar-refractivity contribution >= 4 is 17.7 Å². The van der Waals surface area contributed by atoms with Crippen molar-refractivity contribution < 1.29 is 9.53 Å². The van der Waals surface area contributed by atoms with E-state index in [2.05, 4.69) is 23.4 Å². The van der Waals surface area contributed by atoms with Gasteiger partial charge in [-0.3, -0.25) is 14.8 Å². The van der Waals surface area contributed by atoms with Gasteiger partial charge in [0, 0.05) is 18.3 Å². The van der Waals surface area contributed by atoms with Gasteiger partial charge in [0.25, 0.3) is 0 Å². The summed E-state index contributed by atoms with van der Waals surface area (Å²) in [4.78, 5) is 12.1. The number of esters is 1. The van der Waals surface area contributed by atoms with Crippen molar-refractivity contribution in [2.45, 2.75) is 61.9 Å². The fourth-order valence-electron chi connectivity index (χ4n) is 2.62. The van der Waals surface area contributed by atoms with Gasteiger partial charge in [-0.1, -0.05) is 6.92 Å². The lowest BCUT2D eigenvalue weighted by Crippen LogP contribution is -2.52. The van der Waals surface area contributed by atoms with Crippen LogP contribution >= 0.6 is 11.8 Å². The third-order valence-electron chi connectivity index (χ3n) is 3.71. The fourth-order valence-corrected chi connectivity index (χ4v) is 3.89. The van der Waals surface area contributed by atoms with Gasteiger partial charge in [0.05, 0.1) is 17.8 Å². The maximum Gasteiger partial charge on any atom is 0.325 e. The van der Waals surface area contributed by atoms with Gasteiger partial charge in [-0.15, -0.1) is 11.8 Å². The largest absolute Gasteiger partial charge is 0.468 e. The fraction of sp³-hybridized carbons (Fsp3) is 0.733. The van der Waals surface area contributed by atoms with E-state index in [4.69, 9.17) is 4.74 Å². The standard InChI is InChI=1S/C15H25N3O2S/c1-10-8-13(18(4)17-10)21-11(2)9-15(3,14(19)20-5)16-12-6-7-12/h8,11-12,16H,6-7,9H2,1-5H3. The molecule has 0 spiro atoms. The van der Waals surface area contributed by atoms with E-state index in [1.54, 1.807) is 11.8 Å². The smallest absolute Gasteiger partial charge is 0.325 e. The summed E-state index contributed by atoms with van der Waals surface area (Å²) in [6.07, 6.45) is 3.02. The van der Waals surface area contributed by atoms with Crippen LogP contribution in [0.4, 0.5) is 0 Å². The molecule has 2 unspecified atom stereocenters. The molecule has 0 aromatic carbocycles. The van der Waals surface area contributed by atoms with Crippen LogP contribution < -0.4 is 5.32 Å². The number of hydrogen-bond donors (Lipinski definition) is 1. The van der Waals surface area contributed by atoms with E-state index >= 15 is 0 Å². The number of carbonyl (C=O) groups is 1. The summed E-state index contributed by atoms with van der Waals surface area (Å²) in [5.41, 5.74) is 0.398. The Hall–Kier alpha value is -1.01. The molecule has 0 bridgehead atoms. The third kappa shape index (κ3) is 4.23. The predicted octanol–water partition coefficient (Wildman–Crippen LogP) is 2.28.